The first kappa shape index (κ1) is 18.8. The maximum atomic E-state index is 14.5. The molecule has 8 nitrogen and oxygen atoms in total. The van der Waals surface area contributed by atoms with Gasteiger partial charge in [0.25, 0.3) is 0 Å². The van der Waals surface area contributed by atoms with Crippen molar-refractivity contribution < 1.29 is 12.8 Å². The van der Waals surface area contributed by atoms with Crippen molar-refractivity contribution in [2.24, 2.45) is 0 Å². The number of nitrogens with zero attached hydrogens (tertiary/aromatic N) is 5. The van der Waals surface area contributed by atoms with Crippen molar-refractivity contribution in [2.75, 3.05) is 24.7 Å². The number of aryl methyl sites for hydroxylation is 1. The highest BCUT2D eigenvalue weighted by molar-refractivity contribution is 7.88. The van der Waals surface area contributed by atoms with Gasteiger partial charge >= 0.3 is 0 Å². The highest BCUT2D eigenvalue weighted by Crippen LogP contribution is 2.24. The molecule has 0 aromatic carbocycles. The van der Waals surface area contributed by atoms with Crippen molar-refractivity contribution >= 4 is 21.5 Å². The van der Waals surface area contributed by atoms with Crippen LogP contribution in [-0.2, 0) is 10.0 Å². The zero-order valence-corrected chi connectivity index (χ0v) is 16.4. The number of hydrogen-bond acceptors (Lipinski definition) is 6. The van der Waals surface area contributed by atoms with E-state index in [1.165, 1.54) is 0 Å². The van der Waals surface area contributed by atoms with Crippen LogP contribution in [0.2, 0.25) is 0 Å². The van der Waals surface area contributed by atoms with Gasteiger partial charge < -0.3 is 5.32 Å². The van der Waals surface area contributed by atoms with Crippen molar-refractivity contribution in [3.05, 3.63) is 42.2 Å². The van der Waals surface area contributed by atoms with E-state index in [0.717, 1.165) is 33.0 Å². The Morgan fingerprint density at radius 2 is 2.11 bits per heavy atom. The summed E-state index contributed by atoms with van der Waals surface area (Å²) in [5, 5.41) is 7.55. The summed E-state index contributed by atoms with van der Waals surface area (Å²) >= 11 is 0. The first-order valence-electron chi connectivity index (χ1n) is 8.95. The highest BCUT2D eigenvalue weighted by Gasteiger charge is 2.33. The lowest BCUT2D eigenvalue weighted by atomic mass is 10.1. The number of rotatable bonds is 4. The van der Waals surface area contributed by atoms with Crippen molar-refractivity contribution in [3.63, 3.8) is 0 Å². The minimum Gasteiger partial charge on any atom is -0.347 e. The van der Waals surface area contributed by atoms with Gasteiger partial charge in [0, 0.05) is 19.3 Å². The van der Waals surface area contributed by atoms with Gasteiger partial charge in [-0.1, -0.05) is 6.07 Å². The maximum absolute atomic E-state index is 14.5. The van der Waals surface area contributed by atoms with E-state index in [1.807, 2.05) is 31.2 Å². The number of sulfonamides is 1. The van der Waals surface area contributed by atoms with E-state index >= 15 is 0 Å². The summed E-state index contributed by atoms with van der Waals surface area (Å²) in [5.74, 6) is 0.292. The molecule has 28 heavy (non-hydrogen) atoms. The number of piperidine rings is 1. The third kappa shape index (κ3) is 3.57. The Kier molecular flexibility index (Phi) is 4.76. The van der Waals surface area contributed by atoms with Crippen molar-refractivity contribution in [1.29, 1.82) is 0 Å². The third-order valence-electron chi connectivity index (χ3n) is 4.93. The monoisotopic (exact) mass is 404 g/mol. The fraction of sp³-hybridized carbons (Fsp3) is 0.389. The van der Waals surface area contributed by atoms with Gasteiger partial charge in [-0.15, -0.1) is 5.10 Å². The number of hydrogen-bond donors (Lipinski definition) is 1. The smallest absolute Gasteiger partial charge is 0.241 e. The molecule has 0 spiro atoms. The average molecular weight is 404 g/mol. The molecule has 0 unspecified atom stereocenters. The lowest BCUT2D eigenvalue weighted by Crippen LogP contribution is -2.49. The quantitative estimate of drug-likeness (QED) is 0.714. The minimum absolute atomic E-state index is 0.166. The van der Waals surface area contributed by atoms with Gasteiger partial charge in [-0.25, -0.2) is 22.3 Å². The summed E-state index contributed by atoms with van der Waals surface area (Å²) < 4.78 is 40.7. The largest absolute Gasteiger partial charge is 0.347 e. The van der Waals surface area contributed by atoms with Gasteiger partial charge in [0.2, 0.25) is 16.0 Å². The molecule has 1 saturated heterocycles. The molecule has 0 saturated carbocycles. The van der Waals surface area contributed by atoms with Crippen molar-refractivity contribution in [2.45, 2.75) is 25.6 Å². The molecule has 4 heterocycles. The molecule has 3 aromatic heterocycles. The second-order valence-corrected chi connectivity index (χ2v) is 8.97. The molecule has 4 rings (SSSR count). The van der Waals surface area contributed by atoms with E-state index in [4.69, 9.17) is 0 Å². The summed E-state index contributed by atoms with van der Waals surface area (Å²) in [7, 11) is -3.39. The van der Waals surface area contributed by atoms with Crippen LogP contribution in [0.25, 0.3) is 16.9 Å². The fourth-order valence-corrected chi connectivity index (χ4v) is 4.26. The average Bonchev–Trinajstić information content (AvgIpc) is 2.99. The van der Waals surface area contributed by atoms with E-state index in [9.17, 15) is 12.8 Å². The Morgan fingerprint density at radius 3 is 2.79 bits per heavy atom. The zero-order valence-electron chi connectivity index (χ0n) is 15.6. The van der Waals surface area contributed by atoms with Gasteiger partial charge in [-0.3, -0.25) is 4.98 Å². The number of halogens is 1. The molecule has 1 N–H and O–H groups in total. The summed E-state index contributed by atoms with van der Waals surface area (Å²) in [5.41, 5.74) is 3.45. The van der Waals surface area contributed by atoms with Gasteiger partial charge in [0.15, 0.2) is 0 Å². The Hall–Kier alpha value is -2.59. The van der Waals surface area contributed by atoms with Gasteiger partial charge in [0.1, 0.15) is 6.17 Å². The molecule has 3 aromatic rings. The van der Waals surface area contributed by atoms with Gasteiger partial charge in [-0.2, -0.15) is 4.31 Å². The normalized spacial score (nSPS) is 21.1. The number of nitrogens with one attached hydrogen (secondary N) is 1. The summed E-state index contributed by atoms with van der Waals surface area (Å²) in [6, 6.07) is 7.08. The maximum Gasteiger partial charge on any atom is 0.241 e. The second-order valence-electron chi connectivity index (χ2n) is 6.98. The van der Waals surface area contributed by atoms with Crippen molar-refractivity contribution in [1.82, 2.24) is 23.9 Å². The van der Waals surface area contributed by atoms with E-state index < -0.39 is 22.2 Å². The van der Waals surface area contributed by atoms with E-state index in [2.05, 4.69) is 20.4 Å². The van der Waals surface area contributed by atoms with Crippen LogP contribution in [0, 0.1) is 6.92 Å². The predicted molar refractivity (Wildman–Crippen MR) is 104 cm³/mol. The molecule has 10 heteroatoms. The van der Waals surface area contributed by atoms with Gasteiger partial charge in [0.05, 0.1) is 35.4 Å². The molecule has 148 valence electrons. The molecule has 2 atom stereocenters. The number of fused-ring (bicyclic) bond motifs is 1. The molecule has 1 aliphatic rings. The van der Waals surface area contributed by atoms with Crippen LogP contribution in [-0.4, -0.2) is 63.9 Å². The summed E-state index contributed by atoms with van der Waals surface area (Å²) in [4.78, 5) is 8.69. The van der Waals surface area contributed by atoms with E-state index in [-0.39, 0.29) is 13.1 Å². The number of alkyl halides is 1. The van der Waals surface area contributed by atoms with E-state index in [0.29, 0.717) is 12.4 Å². The Morgan fingerprint density at radius 1 is 1.29 bits per heavy atom. The number of aromatic nitrogens is 4. The standard InChI is InChI=1S/C18H21FN6O2S/c1-12-9-16(15-5-3-4-7-20-15)25-17(12)10-21-18(23-25)22-14-6-8-24(11-13(14)19)28(2,26)27/h3-5,7,9-10,13-14H,6,8,11H2,1-2H3,(H,22,23)/t13-,14-/m1/s1. The highest BCUT2D eigenvalue weighted by atomic mass is 32.2. The van der Waals surface area contributed by atoms with Crippen LogP contribution < -0.4 is 5.32 Å². The third-order valence-corrected chi connectivity index (χ3v) is 6.20. The molecule has 1 aliphatic heterocycles. The molecular formula is C18H21FN6O2S. The Labute approximate surface area is 162 Å². The van der Waals surface area contributed by atoms with Crippen LogP contribution in [0.3, 0.4) is 0 Å². The molecular weight excluding hydrogens is 383 g/mol. The lowest BCUT2D eigenvalue weighted by molar-refractivity contribution is 0.186. The topological polar surface area (TPSA) is 92.5 Å². The van der Waals surface area contributed by atoms with Crippen LogP contribution in [0.5, 0.6) is 0 Å². The molecule has 0 amide bonds. The predicted octanol–water partition coefficient (Wildman–Crippen LogP) is 1.88. The number of anilines is 1. The molecule has 1 fully saturated rings. The van der Waals surface area contributed by atoms with Crippen molar-refractivity contribution in [3.8, 4) is 11.4 Å². The van der Waals surface area contributed by atoms with E-state index in [1.54, 1.807) is 16.9 Å². The van der Waals surface area contributed by atoms with Crippen LogP contribution in [0.4, 0.5) is 10.3 Å². The van der Waals surface area contributed by atoms with Crippen LogP contribution in [0.1, 0.15) is 12.0 Å². The Bertz CT molecular complexity index is 1100. The summed E-state index contributed by atoms with van der Waals surface area (Å²) in [6.07, 6.45) is 3.50. The molecule has 0 aliphatic carbocycles. The first-order valence-corrected chi connectivity index (χ1v) is 10.8. The van der Waals surface area contributed by atoms with Crippen LogP contribution >= 0.6 is 0 Å². The molecule has 0 radical (unpaired) electrons. The zero-order chi connectivity index (χ0) is 19.9. The Balaban J connectivity index is 1.60. The van der Waals surface area contributed by atoms with Crippen LogP contribution in [0.15, 0.2) is 36.7 Å². The second kappa shape index (κ2) is 7.10. The molecule has 0 bridgehead atoms. The first-order chi connectivity index (χ1) is 13.3. The van der Waals surface area contributed by atoms with Gasteiger partial charge in [-0.05, 0) is 37.1 Å². The SMILES string of the molecule is Cc1cc(-c2ccccn2)n2nc(N[C@@H]3CCN(S(C)(=O)=O)C[C@H]3F)ncc12. The fourth-order valence-electron chi connectivity index (χ4n) is 3.41. The lowest BCUT2D eigenvalue weighted by Gasteiger charge is -2.33. The number of pyridine rings is 1. The minimum atomic E-state index is -3.39. The summed E-state index contributed by atoms with van der Waals surface area (Å²) in [6.45, 7) is 2.07.